The average Bonchev–Trinajstić information content (AvgIpc) is 3.00. The molecule has 0 bridgehead atoms. The lowest BCUT2D eigenvalue weighted by atomic mass is 9.43. The van der Waals surface area contributed by atoms with Gasteiger partial charge in [-0.3, -0.25) is 4.79 Å². The van der Waals surface area contributed by atoms with Crippen molar-refractivity contribution in [2.45, 2.75) is 70.5 Å². The molecule has 4 fully saturated rings. The van der Waals surface area contributed by atoms with Crippen LogP contribution < -0.4 is 0 Å². The lowest BCUT2D eigenvalue weighted by Gasteiger charge is -2.61. The first-order valence-corrected chi connectivity index (χ1v) is 10.3. The molecule has 0 aromatic rings. The highest BCUT2D eigenvalue weighted by Crippen LogP contribution is 2.67. The second-order valence-electron chi connectivity index (χ2n) is 9.76. The van der Waals surface area contributed by atoms with Crippen LogP contribution in [0.4, 0.5) is 0 Å². The third kappa shape index (κ3) is 2.39. The van der Waals surface area contributed by atoms with Crippen molar-refractivity contribution in [3.8, 4) is 0 Å². The first-order chi connectivity index (χ1) is 12.4. The van der Waals surface area contributed by atoms with Gasteiger partial charge in [-0.25, -0.2) is 0 Å². The number of Topliss-reactive ketones (excluding diaryl/α,β-unsaturated/α-hetero) is 1. The molecule has 0 saturated heterocycles. The van der Waals surface area contributed by atoms with Gasteiger partial charge in [0, 0.05) is 11.3 Å². The molecule has 146 valence electrons. The van der Waals surface area contributed by atoms with Crippen molar-refractivity contribution in [1.29, 1.82) is 0 Å². The van der Waals surface area contributed by atoms with Gasteiger partial charge in [0.15, 0.2) is 5.78 Å². The van der Waals surface area contributed by atoms with Crippen molar-refractivity contribution >= 4 is 12.1 Å². The Morgan fingerprint density at radius 2 is 1.92 bits per heavy atom. The number of rotatable bonds is 3. The Morgan fingerprint density at radius 3 is 2.62 bits per heavy atom. The van der Waals surface area contributed by atoms with Crippen LogP contribution >= 0.6 is 0 Å². The summed E-state index contributed by atoms with van der Waals surface area (Å²) in [5.41, 5.74) is -0.784. The number of ketones is 1. The molecule has 0 spiro atoms. The van der Waals surface area contributed by atoms with Gasteiger partial charge in [-0.15, -0.1) is 0 Å². The summed E-state index contributed by atoms with van der Waals surface area (Å²) in [6.45, 7) is 1.76. The smallest absolute Gasteiger partial charge is 0.162 e. The molecule has 0 radical (unpaired) electrons. The van der Waals surface area contributed by atoms with Crippen LogP contribution in [0.15, 0.2) is 0 Å². The molecule has 0 aromatic carbocycles. The molecule has 26 heavy (non-hydrogen) atoms. The van der Waals surface area contributed by atoms with E-state index < -0.39 is 24.0 Å². The zero-order valence-electron chi connectivity index (χ0n) is 15.6. The van der Waals surface area contributed by atoms with Crippen molar-refractivity contribution in [3.05, 3.63) is 0 Å². The van der Waals surface area contributed by atoms with Gasteiger partial charge in [0.25, 0.3) is 0 Å². The monoisotopic (exact) mass is 364 g/mol. The highest BCUT2D eigenvalue weighted by atomic mass is 16.3. The van der Waals surface area contributed by atoms with Crippen molar-refractivity contribution in [2.24, 2.45) is 40.4 Å². The minimum absolute atomic E-state index is 0.00960. The number of hydrogen-bond acceptors (Lipinski definition) is 5. The average molecular weight is 364 g/mol. The van der Waals surface area contributed by atoms with Gasteiger partial charge in [-0.05, 0) is 80.5 Å². The van der Waals surface area contributed by atoms with E-state index in [1.807, 2.05) is 0 Å². The topological polar surface area (TPSA) is 94.8 Å². The van der Waals surface area contributed by atoms with E-state index in [9.17, 15) is 24.9 Å². The van der Waals surface area contributed by atoms with E-state index in [2.05, 4.69) is 6.92 Å². The van der Waals surface area contributed by atoms with Crippen LogP contribution in [0.5, 0.6) is 0 Å². The van der Waals surface area contributed by atoms with Crippen LogP contribution in [-0.4, -0.2) is 46.2 Å². The van der Waals surface area contributed by atoms with E-state index in [4.69, 9.17) is 0 Å². The maximum Gasteiger partial charge on any atom is 0.162 e. The molecule has 3 N–H and O–H groups in total. The molecule has 4 saturated carbocycles. The molecule has 9 atom stereocenters. The highest BCUT2D eigenvalue weighted by molar-refractivity contribution is 5.87. The fourth-order valence-electron chi connectivity index (χ4n) is 7.85. The zero-order chi connectivity index (χ0) is 18.7. The predicted octanol–water partition coefficient (Wildman–Crippen LogP) is 1.72. The van der Waals surface area contributed by atoms with E-state index in [-0.39, 0.29) is 35.1 Å². The number of fused-ring (bicyclic) bond motifs is 5. The molecule has 4 rings (SSSR count). The highest BCUT2D eigenvalue weighted by Gasteiger charge is 2.65. The van der Waals surface area contributed by atoms with Gasteiger partial charge in [0.1, 0.15) is 12.9 Å². The zero-order valence-corrected chi connectivity index (χ0v) is 15.6. The third-order valence-electron chi connectivity index (χ3n) is 8.94. The Bertz CT molecular complexity index is 591. The SMILES string of the molecule is C[C@]12CC[C@@H](O)C[C@@H]1CC[C@H]1C3CC[C@H](C(=O)CO)C3(C=O)C[C@H](O)C12. The van der Waals surface area contributed by atoms with Crippen LogP contribution in [-0.2, 0) is 9.59 Å². The quantitative estimate of drug-likeness (QED) is 0.663. The van der Waals surface area contributed by atoms with Crippen LogP contribution in [0.2, 0.25) is 0 Å². The van der Waals surface area contributed by atoms with Crippen LogP contribution in [0.25, 0.3) is 0 Å². The third-order valence-corrected chi connectivity index (χ3v) is 8.94. The van der Waals surface area contributed by atoms with Gasteiger partial charge in [-0.1, -0.05) is 6.92 Å². The summed E-state index contributed by atoms with van der Waals surface area (Å²) >= 11 is 0. The molecule has 5 nitrogen and oxygen atoms in total. The van der Waals surface area contributed by atoms with E-state index in [1.165, 1.54) is 0 Å². The van der Waals surface area contributed by atoms with Gasteiger partial charge < -0.3 is 20.1 Å². The first-order valence-electron chi connectivity index (χ1n) is 10.3. The molecule has 3 unspecified atom stereocenters. The van der Waals surface area contributed by atoms with E-state index in [0.29, 0.717) is 18.8 Å². The Balaban J connectivity index is 1.69. The lowest BCUT2D eigenvalue weighted by Crippen LogP contribution is -2.60. The summed E-state index contributed by atoms with van der Waals surface area (Å²) in [6.07, 6.45) is 6.51. The minimum atomic E-state index is -0.794. The molecular weight excluding hydrogens is 332 g/mol. The van der Waals surface area contributed by atoms with E-state index in [0.717, 1.165) is 44.8 Å². The molecule has 4 aliphatic carbocycles. The number of carbonyl (C=O) groups is 2. The van der Waals surface area contributed by atoms with Gasteiger partial charge in [0.05, 0.1) is 12.2 Å². The summed E-state index contributed by atoms with van der Waals surface area (Å²) in [5, 5.41) is 30.7. The van der Waals surface area contributed by atoms with Crippen LogP contribution in [0.1, 0.15) is 58.3 Å². The molecule has 0 aliphatic heterocycles. The van der Waals surface area contributed by atoms with Gasteiger partial charge in [0.2, 0.25) is 0 Å². The number of aliphatic hydroxyl groups is 3. The Labute approximate surface area is 155 Å². The van der Waals surface area contributed by atoms with Crippen molar-refractivity contribution in [2.75, 3.05) is 6.61 Å². The Kier molecular flexibility index (Phi) is 4.56. The number of carbonyl (C=O) groups excluding carboxylic acids is 2. The summed E-state index contributed by atoms with van der Waals surface area (Å²) in [5.74, 6) is 0.294. The van der Waals surface area contributed by atoms with Crippen LogP contribution in [0.3, 0.4) is 0 Å². The van der Waals surface area contributed by atoms with Crippen molar-refractivity contribution in [1.82, 2.24) is 0 Å². The van der Waals surface area contributed by atoms with Crippen LogP contribution in [0, 0.1) is 40.4 Å². The number of aliphatic hydroxyl groups excluding tert-OH is 3. The normalized spacial score (nSPS) is 53.3. The summed E-state index contributed by atoms with van der Waals surface area (Å²) in [6, 6.07) is 0. The largest absolute Gasteiger partial charge is 0.393 e. The van der Waals surface area contributed by atoms with E-state index in [1.54, 1.807) is 0 Å². The Hall–Kier alpha value is -0.780. The molecule has 5 heteroatoms. The fourth-order valence-corrected chi connectivity index (χ4v) is 7.85. The molecule has 0 amide bonds. The minimum Gasteiger partial charge on any atom is -0.393 e. The maximum absolute atomic E-state index is 12.3. The number of hydrogen-bond donors (Lipinski definition) is 3. The second-order valence-corrected chi connectivity index (χ2v) is 9.76. The molecule has 0 heterocycles. The molecular formula is C21H32O5. The number of aldehydes is 1. The van der Waals surface area contributed by atoms with Crippen molar-refractivity contribution < 1.29 is 24.9 Å². The fraction of sp³-hybridized carbons (Fsp3) is 0.905. The van der Waals surface area contributed by atoms with Gasteiger partial charge >= 0.3 is 0 Å². The summed E-state index contributed by atoms with van der Waals surface area (Å²) in [4.78, 5) is 24.6. The Morgan fingerprint density at radius 1 is 1.15 bits per heavy atom. The summed E-state index contributed by atoms with van der Waals surface area (Å²) < 4.78 is 0. The molecule has 0 aromatic heterocycles. The molecule has 4 aliphatic rings. The predicted molar refractivity (Wildman–Crippen MR) is 95.1 cm³/mol. The second kappa shape index (κ2) is 6.39. The standard InChI is InChI=1S/C21H32O5/c1-20-7-6-13(24)8-12(20)2-3-14-15-4-5-16(18(26)10-22)21(15,11-23)9-17(25)19(14)20/h11-17,19,22,24-25H,2-10H2,1H3/t12-,13+,14-,15?,16+,17-,19?,20-,21?/m0/s1. The summed E-state index contributed by atoms with van der Waals surface area (Å²) in [7, 11) is 0. The first kappa shape index (κ1) is 18.6. The lowest BCUT2D eigenvalue weighted by molar-refractivity contribution is -0.182. The maximum atomic E-state index is 12.3. The van der Waals surface area contributed by atoms with E-state index >= 15 is 0 Å². The van der Waals surface area contributed by atoms with Crippen molar-refractivity contribution in [3.63, 3.8) is 0 Å². The van der Waals surface area contributed by atoms with Gasteiger partial charge in [-0.2, -0.15) is 0 Å².